The molecule has 0 saturated heterocycles. The zero-order valence-corrected chi connectivity index (χ0v) is 16.6. The van der Waals surface area contributed by atoms with Crippen LogP contribution in [0.15, 0.2) is 12.1 Å². The van der Waals surface area contributed by atoms with Gasteiger partial charge in [-0.2, -0.15) is 0 Å². The quantitative estimate of drug-likeness (QED) is 0.652. The van der Waals surface area contributed by atoms with Crippen LogP contribution in [-0.4, -0.2) is 15.6 Å². The zero-order chi connectivity index (χ0) is 16.4. The third kappa shape index (κ3) is 5.35. The van der Waals surface area contributed by atoms with Gasteiger partial charge in [-0.05, 0) is 0 Å². The molecule has 0 N–H and O–H groups in total. The van der Waals surface area contributed by atoms with Crippen molar-refractivity contribution in [3.05, 3.63) is 28.8 Å². The molecular weight excluding hydrogens is 271 g/mol. The van der Waals surface area contributed by atoms with Crippen molar-refractivity contribution in [2.45, 2.75) is 78.4 Å². The van der Waals surface area contributed by atoms with E-state index in [-0.39, 0.29) is 26.4 Å². The van der Waals surface area contributed by atoms with Gasteiger partial charge in [-0.15, -0.1) is 0 Å². The van der Waals surface area contributed by atoms with Gasteiger partial charge in [0, 0.05) is 0 Å². The second kappa shape index (κ2) is 6.76. The third-order valence-electron chi connectivity index (χ3n) is 3.62. The van der Waals surface area contributed by atoms with E-state index in [1.54, 1.807) is 0 Å². The molecule has 0 atom stereocenters. The molecule has 21 heavy (non-hydrogen) atoms. The van der Waals surface area contributed by atoms with Gasteiger partial charge in [-0.25, -0.2) is 0 Å². The van der Waals surface area contributed by atoms with Crippen LogP contribution in [0.5, 0.6) is 5.75 Å². The van der Waals surface area contributed by atoms with E-state index in [0.717, 1.165) is 5.75 Å². The minimum absolute atomic E-state index is 0.0161. The van der Waals surface area contributed by atoms with Crippen molar-refractivity contribution >= 4 is 15.6 Å². The molecule has 0 amide bonds. The molecule has 1 aromatic rings. The molecule has 0 aromatic heterocycles. The van der Waals surface area contributed by atoms with Gasteiger partial charge in [-0.3, -0.25) is 0 Å². The summed E-state index contributed by atoms with van der Waals surface area (Å²) >= 11 is 0.0161. The number of benzene rings is 1. The molecule has 0 spiro atoms. The number of aryl methyl sites for hydroxylation is 1. The standard InChI is InChI=1S/C15H24O.C4H9.Al/c1-10-8-11(14(2,3)4)13(16)12(9-10)15(5,6)7;1-4(2)3;/h8-9,16H,1-7H3;4H,1H2,2-3H3;/q;;+2/p-1. The van der Waals surface area contributed by atoms with Crippen molar-refractivity contribution in [1.82, 2.24) is 0 Å². The summed E-state index contributed by atoms with van der Waals surface area (Å²) in [6, 6.07) is 4.61. The summed E-state index contributed by atoms with van der Waals surface area (Å²) in [5, 5.41) is 1.18. The van der Waals surface area contributed by atoms with Crippen LogP contribution in [0, 0.1) is 12.8 Å². The van der Waals surface area contributed by atoms with E-state index in [1.807, 2.05) is 0 Å². The summed E-state index contributed by atoms with van der Waals surface area (Å²) in [5.74, 6) is 1.86. The molecule has 1 nitrogen and oxygen atoms in total. The van der Waals surface area contributed by atoms with Gasteiger partial charge in [0.05, 0.1) is 0 Å². The van der Waals surface area contributed by atoms with E-state index in [9.17, 15) is 0 Å². The minimum atomic E-state index is 0.0161. The van der Waals surface area contributed by atoms with Crippen LogP contribution in [0.4, 0.5) is 0 Å². The van der Waals surface area contributed by atoms with Crippen molar-refractivity contribution in [2.24, 2.45) is 5.92 Å². The van der Waals surface area contributed by atoms with Crippen LogP contribution in [-0.2, 0) is 10.8 Å². The van der Waals surface area contributed by atoms with Crippen LogP contribution >= 0.6 is 0 Å². The topological polar surface area (TPSA) is 9.23 Å². The Morgan fingerprint density at radius 3 is 1.71 bits per heavy atom. The molecular formula is C19H32AlO+. The summed E-state index contributed by atoms with van der Waals surface area (Å²) in [6.07, 6.45) is 0. The van der Waals surface area contributed by atoms with Gasteiger partial charge in [0.25, 0.3) is 0 Å². The molecule has 116 valence electrons. The summed E-state index contributed by atoms with van der Waals surface area (Å²) in [6.45, 7) is 20.4. The van der Waals surface area contributed by atoms with Gasteiger partial charge in [0.15, 0.2) is 0 Å². The Bertz CT molecular complexity index is 440. The van der Waals surface area contributed by atoms with Crippen LogP contribution in [0.25, 0.3) is 0 Å². The van der Waals surface area contributed by atoms with Gasteiger partial charge in [-0.1, -0.05) is 0 Å². The Hall–Kier alpha value is -0.448. The van der Waals surface area contributed by atoms with Crippen molar-refractivity contribution in [1.29, 1.82) is 0 Å². The summed E-state index contributed by atoms with van der Waals surface area (Å²) in [7, 11) is 0. The van der Waals surface area contributed by atoms with Crippen molar-refractivity contribution < 1.29 is 3.79 Å². The van der Waals surface area contributed by atoms with Gasteiger partial charge in [0.1, 0.15) is 0 Å². The van der Waals surface area contributed by atoms with Crippen molar-refractivity contribution in [3.63, 3.8) is 0 Å². The number of hydrogen-bond donors (Lipinski definition) is 0. The van der Waals surface area contributed by atoms with E-state index in [1.165, 1.54) is 22.0 Å². The Morgan fingerprint density at radius 2 is 1.38 bits per heavy atom. The van der Waals surface area contributed by atoms with Crippen LogP contribution in [0.3, 0.4) is 0 Å². The molecule has 0 aliphatic heterocycles. The summed E-state index contributed by atoms with van der Waals surface area (Å²) in [4.78, 5) is 0. The Kier molecular flexibility index (Phi) is 5.99. The molecule has 0 heterocycles. The van der Waals surface area contributed by atoms with Gasteiger partial charge < -0.3 is 0 Å². The molecule has 0 aliphatic rings. The van der Waals surface area contributed by atoms with Gasteiger partial charge in [0.2, 0.25) is 0 Å². The fourth-order valence-corrected chi connectivity index (χ4v) is 3.24. The molecule has 1 rings (SSSR count). The predicted molar refractivity (Wildman–Crippen MR) is 94.6 cm³/mol. The van der Waals surface area contributed by atoms with Crippen molar-refractivity contribution in [2.75, 3.05) is 0 Å². The monoisotopic (exact) mass is 303 g/mol. The first-order chi connectivity index (χ1) is 9.43. The van der Waals surface area contributed by atoms with E-state index < -0.39 is 0 Å². The second-order valence-corrected chi connectivity index (χ2v) is 9.64. The Balaban J connectivity index is 3.33. The van der Waals surface area contributed by atoms with Gasteiger partial charge >= 0.3 is 138 Å². The van der Waals surface area contributed by atoms with Crippen molar-refractivity contribution in [3.8, 4) is 5.75 Å². The second-order valence-electron chi connectivity index (χ2n) is 8.60. The first-order valence-corrected chi connectivity index (χ1v) is 9.35. The molecule has 0 fully saturated rings. The molecule has 1 aromatic carbocycles. The molecule has 0 aliphatic carbocycles. The third-order valence-corrected chi connectivity index (χ3v) is 5.16. The summed E-state index contributed by atoms with van der Waals surface area (Å²) < 4.78 is 6.37. The molecule has 0 unspecified atom stereocenters. The average molecular weight is 303 g/mol. The van der Waals surface area contributed by atoms with E-state index in [4.69, 9.17) is 3.79 Å². The predicted octanol–water partition coefficient (Wildman–Crippen LogP) is 5.66. The fraction of sp³-hybridized carbons (Fsp3) is 0.684. The maximum absolute atomic E-state index is 6.37. The zero-order valence-electron chi connectivity index (χ0n) is 15.4. The molecule has 0 bridgehead atoms. The Labute approximate surface area is 138 Å². The Morgan fingerprint density at radius 1 is 0.952 bits per heavy atom. The fourth-order valence-electron chi connectivity index (χ4n) is 2.34. The van der Waals surface area contributed by atoms with Crippen LogP contribution < -0.4 is 3.79 Å². The van der Waals surface area contributed by atoms with Crippen LogP contribution in [0.2, 0.25) is 5.28 Å². The average Bonchev–Trinajstić information content (AvgIpc) is 2.27. The van der Waals surface area contributed by atoms with E-state index in [2.05, 4.69) is 74.4 Å². The first kappa shape index (κ1) is 18.6. The normalized spacial score (nSPS) is 12.5. The van der Waals surface area contributed by atoms with E-state index >= 15 is 0 Å². The molecule has 2 heteroatoms. The number of rotatable bonds is 4. The first-order valence-electron chi connectivity index (χ1n) is 8.07. The maximum atomic E-state index is 6.37. The molecule has 0 radical (unpaired) electrons. The molecule has 0 saturated carbocycles. The van der Waals surface area contributed by atoms with E-state index in [0.29, 0.717) is 5.92 Å². The SMILES string of the molecule is Cc1cc(C(C)(C)C)c([O][Al+][CH2]C(C)C)c(C(C)(C)C)c1. The number of hydrogen-bond acceptors (Lipinski definition) is 1. The summed E-state index contributed by atoms with van der Waals surface area (Å²) in [5.41, 5.74) is 4.25. The van der Waals surface area contributed by atoms with Crippen LogP contribution in [0.1, 0.15) is 72.1 Å².